The zero-order chi connectivity index (χ0) is 18.1. The molecular weight excluding hydrogens is 380 g/mol. The van der Waals surface area contributed by atoms with E-state index >= 15 is 0 Å². The molecule has 4 atom stereocenters. The highest BCUT2D eigenvalue weighted by Gasteiger charge is 2.48. The Hall–Kier alpha value is -0.350. The molecule has 1 fully saturated rings. The van der Waals surface area contributed by atoms with E-state index in [1.165, 1.54) is 7.11 Å². The van der Waals surface area contributed by atoms with Crippen LogP contribution in [0.1, 0.15) is 0 Å². The zero-order valence-electron chi connectivity index (χ0n) is 12.7. The van der Waals surface area contributed by atoms with Gasteiger partial charge in [0.2, 0.25) is 0 Å². The van der Waals surface area contributed by atoms with Crippen LogP contribution in [0.2, 0.25) is 0 Å². The van der Waals surface area contributed by atoms with Crippen LogP contribution in [0.3, 0.4) is 0 Å². The Morgan fingerprint density at radius 2 is 1.22 bits per heavy atom. The van der Waals surface area contributed by atoms with Crippen LogP contribution in [0.25, 0.3) is 0 Å². The number of methoxy groups -OCH3 is 1. The second-order valence-electron chi connectivity index (χ2n) is 4.81. The SMILES string of the molecule is CO[C@H]1OC[C@@H](OS(C)(=O)=O)[C@H](OS(C)(=O)=O)[C@H]1OS(C)(=O)=O. The Morgan fingerprint density at radius 1 is 0.783 bits per heavy atom. The van der Waals surface area contributed by atoms with Crippen LogP contribution in [0.15, 0.2) is 0 Å². The molecule has 0 spiro atoms. The predicted molar refractivity (Wildman–Crippen MR) is 75.9 cm³/mol. The van der Waals surface area contributed by atoms with Gasteiger partial charge in [-0.1, -0.05) is 0 Å². The average Bonchev–Trinajstić information content (AvgIpc) is 2.28. The second-order valence-corrected chi connectivity index (χ2v) is 9.61. The van der Waals surface area contributed by atoms with E-state index in [4.69, 9.17) is 22.0 Å². The molecule has 0 amide bonds. The zero-order valence-corrected chi connectivity index (χ0v) is 15.2. The molecule has 1 heterocycles. The van der Waals surface area contributed by atoms with E-state index in [2.05, 4.69) is 0 Å². The van der Waals surface area contributed by atoms with Gasteiger partial charge in [0.15, 0.2) is 12.4 Å². The molecule has 0 bridgehead atoms. The molecule has 0 N–H and O–H groups in total. The lowest BCUT2D eigenvalue weighted by Crippen LogP contribution is -2.57. The number of ether oxygens (including phenoxy) is 2. The van der Waals surface area contributed by atoms with E-state index in [1.807, 2.05) is 0 Å². The van der Waals surface area contributed by atoms with E-state index in [-0.39, 0.29) is 0 Å². The van der Waals surface area contributed by atoms with Gasteiger partial charge in [-0.2, -0.15) is 25.3 Å². The molecule has 0 aromatic heterocycles. The maximum atomic E-state index is 11.4. The van der Waals surface area contributed by atoms with Crippen molar-refractivity contribution < 1.29 is 47.3 Å². The molecule has 0 aromatic rings. The van der Waals surface area contributed by atoms with Gasteiger partial charge in [0, 0.05) is 7.11 Å². The van der Waals surface area contributed by atoms with Crippen molar-refractivity contribution in [3.63, 3.8) is 0 Å². The van der Waals surface area contributed by atoms with Crippen molar-refractivity contribution >= 4 is 30.4 Å². The maximum Gasteiger partial charge on any atom is 0.264 e. The summed E-state index contributed by atoms with van der Waals surface area (Å²) in [6, 6.07) is 0. The second kappa shape index (κ2) is 7.26. The quantitative estimate of drug-likeness (QED) is 0.439. The normalized spacial score (nSPS) is 30.3. The first kappa shape index (κ1) is 20.7. The van der Waals surface area contributed by atoms with Crippen LogP contribution in [-0.4, -0.2) is 82.3 Å². The molecule has 23 heavy (non-hydrogen) atoms. The first-order chi connectivity index (χ1) is 10.2. The minimum Gasteiger partial charge on any atom is -0.353 e. The van der Waals surface area contributed by atoms with Crippen molar-refractivity contribution in [3.05, 3.63) is 0 Å². The van der Waals surface area contributed by atoms with Crippen LogP contribution in [0.5, 0.6) is 0 Å². The summed E-state index contributed by atoms with van der Waals surface area (Å²) < 4.78 is 92.3. The molecule has 1 aliphatic heterocycles. The molecule has 1 saturated heterocycles. The van der Waals surface area contributed by atoms with E-state index in [9.17, 15) is 25.3 Å². The summed E-state index contributed by atoms with van der Waals surface area (Å²) in [5, 5.41) is 0. The number of hydrogen-bond acceptors (Lipinski definition) is 11. The fourth-order valence-electron chi connectivity index (χ4n) is 1.88. The van der Waals surface area contributed by atoms with Crippen LogP contribution < -0.4 is 0 Å². The Morgan fingerprint density at radius 3 is 1.61 bits per heavy atom. The third kappa shape index (κ3) is 7.38. The Labute approximate surface area is 135 Å². The van der Waals surface area contributed by atoms with Crippen LogP contribution in [0, 0.1) is 0 Å². The first-order valence-electron chi connectivity index (χ1n) is 6.01. The number of rotatable bonds is 7. The largest absolute Gasteiger partial charge is 0.353 e. The summed E-state index contributed by atoms with van der Waals surface area (Å²) in [6.07, 6.45) is -3.80. The molecule has 14 heteroatoms. The van der Waals surface area contributed by atoms with E-state index < -0.39 is 61.6 Å². The van der Waals surface area contributed by atoms with Crippen LogP contribution in [-0.2, 0) is 52.4 Å². The van der Waals surface area contributed by atoms with Crippen molar-refractivity contribution in [1.29, 1.82) is 0 Å². The van der Waals surface area contributed by atoms with Gasteiger partial charge in [-0.05, 0) is 0 Å². The minimum atomic E-state index is -4.09. The molecule has 0 radical (unpaired) electrons. The van der Waals surface area contributed by atoms with Crippen molar-refractivity contribution in [2.45, 2.75) is 24.6 Å². The van der Waals surface area contributed by atoms with E-state index in [0.29, 0.717) is 6.26 Å². The average molecular weight is 398 g/mol. The summed E-state index contributed by atoms with van der Waals surface area (Å²) in [7, 11) is -11.0. The molecule has 1 rings (SSSR count). The standard InChI is InChI=1S/C9H18O11S3/c1-16-9-8(20-23(4,14)15)7(19-22(3,12)13)6(5-17-9)18-21(2,10)11/h6-9H,5H2,1-4H3/t6-,7+,8-,9+/m1/s1. The van der Waals surface area contributed by atoms with Gasteiger partial charge in [-0.15, -0.1) is 0 Å². The van der Waals surface area contributed by atoms with Gasteiger partial charge >= 0.3 is 0 Å². The van der Waals surface area contributed by atoms with Gasteiger partial charge in [0.25, 0.3) is 30.4 Å². The molecule has 11 nitrogen and oxygen atoms in total. The van der Waals surface area contributed by atoms with Gasteiger partial charge in [-0.25, -0.2) is 0 Å². The van der Waals surface area contributed by atoms with Crippen molar-refractivity contribution in [2.75, 3.05) is 32.5 Å². The summed E-state index contributed by atoms with van der Waals surface area (Å²) >= 11 is 0. The summed E-state index contributed by atoms with van der Waals surface area (Å²) in [5.74, 6) is 0. The molecule has 0 aliphatic carbocycles. The lowest BCUT2D eigenvalue weighted by molar-refractivity contribution is -0.243. The van der Waals surface area contributed by atoms with E-state index in [0.717, 1.165) is 12.5 Å². The highest BCUT2D eigenvalue weighted by molar-refractivity contribution is 7.86. The minimum absolute atomic E-state index is 0.421. The lowest BCUT2D eigenvalue weighted by atomic mass is 10.1. The third-order valence-corrected chi connectivity index (χ3v) is 4.23. The van der Waals surface area contributed by atoms with Crippen molar-refractivity contribution in [2.24, 2.45) is 0 Å². The third-order valence-electron chi connectivity index (χ3n) is 2.49. The van der Waals surface area contributed by atoms with Crippen molar-refractivity contribution in [1.82, 2.24) is 0 Å². The molecular formula is C9H18O11S3. The summed E-state index contributed by atoms with van der Waals surface area (Å²) in [4.78, 5) is 0. The topological polar surface area (TPSA) is 149 Å². The highest BCUT2D eigenvalue weighted by atomic mass is 32.2. The van der Waals surface area contributed by atoms with Crippen LogP contribution in [0.4, 0.5) is 0 Å². The summed E-state index contributed by atoms with van der Waals surface area (Å²) in [6.45, 7) is -0.421. The maximum absolute atomic E-state index is 11.4. The Balaban J connectivity index is 3.23. The smallest absolute Gasteiger partial charge is 0.264 e. The number of hydrogen-bond donors (Lipinski definition) is 0. The van der Waals surface area contributed by atoms with Gasteiger partial charge in [0.1, 0.15) is 12.2 Å². The molecule has 138 valence electrons. The Bertz CT molecular complexity index is 708. The van der Waals surface area contributed by atoms with Gasteiger partial charge in [-0.3, -0.25) is 12.5 Å². The predicted octanol–water partition coefficient (Wildman–Crippen LogP) is -1.98. The summed E-state index contributed by atoms with van der Waals surface area (Å²) in [5.41, 5.74) is 0. The highest BCUT2D eigenvalue weighted by Crippen LogP contribution is 2.27. The van der Waals surface area contributed by atoms with Gasteiger partial charge < -0.3 is 9.47 Å². The molecule has 0 unspecified atom stereocenters. The van der Waals surface area contributed by atoms with Gasteiger partial charge in [0.05, 0.1) is 25.4 Å². The molecule has 0 aromatic carbocycles. The first-order valence-corrected chi connectivity index (χ1v) is 11.5. The molecule has 0 saturated carbocycles. The fourth-order valence-corrected chi connectivity index (χ4v) is 3.73. The molecule has 1 aliphatic rings. The van der Waals surface area contributed by atoms with Crippen LogP contribution >= 0.6 is 0 Å². The fraction of sp³-hybridized carbons (Fsp3) is 1.00. The lowest BCUT2D eigenvalue weighted by Gasteiger charge is -2.39. The Kier molecular flexibility index (Phi) is 6.54. The monoisotopic (exact) mass is 398 g/mol. The van der Waals surface area contributed by atoms with Crippen molar-refractivity contribution in [3.8, 4) is 0 Å². The van der Waals surface area contributed by atoms with E-state index in [1.54, 1.807) is 0 Å².